The number of amides is 1. The Morgan fingerprint density at radius 2 is 1.73 bits per heavy atom. The lowest BCUT2D eigenvalue weighted by Gasteiger charge is -2.39. The van der Waals surface area contributed by atoms with E-state index < -0.39 is 6.17 Å². The van der Waals surface area contributed by atoms with Crippen LogP contribution in [0.2, 0.25) is 5.02 Å². The normalized spacial score (nSPS) is 15.4. The van der Waals surface area contributed by atoms with E-state index in [0.717, 1.165) is 0 Å². The van der Waals surface area contributed by atoms with Crippen LogP contribution in [0.5, 0.6) is 17.2 Å². The highest BCUT2D eigenvalue weighted by Gasteiger charge is 2.37. The third kappa shape index (κ3) is 3.24. The number of anilines is 2. The molecule has 0 aromatic heterocycles. The summed E-state index contributed by atoms with van der Waals surface area (Å²) in [5, 5.41) is 14.0. The third-order valence-electron chi connectivity index (χ3n) is 4.96. The number of rotatable bonds is 4. The molecule has 3 aromatic rings. The molecule has 30 heavy (non-hydrogen) atoms. The molecule has 2 N–H and O–H groups in total. The second kappa shape index (κ2) is 8.08. The average molecular weight is 490 g/mol. The third-order valence-corrected chi connectivity index (χ3v) is 6.37. The first kappa shape index (κ1) is 20.4. The Kier molecular flexibility index (Phi) is 5.49. The molecule has 0 bridgehead atoms. The number of methoxy groups -OCH3 is 2. The van der Waals surface area contributed by atoms with Crippen LogP contribution < -0.4 is 19.7 Å². The Hall–Kier alpha value is -2.90. The minimum atomic E-state index is -0.679. The minimum Gasteiger partial charge on any atom is -0.503 e. The summed E-state index contributed by atoms with van der Waals surface area (Å²) in [6.45, 7) is 0. The van der Waals surface area contributed by atoms with Crippen LogP contribution in [0.25, 0.3) is 0 Å². The summed E-state index contributed by atoms with van der Waals surface area (Å²) in [5.41, 5.74) is 2.33. The molecular formula is C22H18BrClN2O4. The number of phenols is 1. The Bertz CT molecular complexity index is 1140. The van der Waals surface area contributed by atoms with Crippen molar-refractivity contribution in [1.29, 1.82) is 0 Å². The number of carbonyl (C=O) groups is 1. The first-order valence-corrected chi connectivity index (χ1v) is 10.2. The van der Waals surface area contributed by atoms with Crippen LogP contribution in [0.3, 0.4) is 0 Å². The molecule has 1 amide bonds. The zero-order chi connectivity index (χ0) is 21.4. The summed E-state index contributed by atoms with van der Waals surface area (Å²) in [4.78, 5) is 15.2. The Morgan fingerprint density at radius 3 is 2.47 bits per heavy atom. The highest BCUT2D eigenvalue weighted by Crippen LogP contribution is 2.47. The van der Waals surface area contributed by atoms with Gasteiger partial charge in [0.2, 0.25) is 0 Å². The van der Waals surface area contributed by atoms with Gasteiger partial charge in [0.05, 0.1) is 35.0 Å². The van der Waals surface area contributed by atoms with Gasteiger partial charge < -0.3 is 19.9 Å². The van der Waals surface area contributed by atoms with Gasteiger partial charge in [-0.15, -0.1) is 0 Å². The van der Waals surface area contributed by atoms with Gasteiger partial charge in [-0.25, -0.2) is 0 Å². The summed E-state index contributed by atoms with van der Waals surface area (Å²) in [6.07, 6.45) is -0.679. The van der Waals surface area contributed by atoms with E-state index in [9.17, 15) is 9.90 Å². The summed E-state index contributed by atoms with van der Waals surface area (Å²) < 4.78 is 11.1. The van der Waals surface area contributed by atoms with E-state index in [-0.39, 0.29) is 26.9 Å². The van der Waals surface area contributed by atoms with Gasteiger partial charge in [0.1, 0.15) is 11.9 Å². The topological polar surface area (TPSA) is 71.0 Å². The predicted octanol–water partition coefficient (Wildman–Crippen LogP) is 5.60. The van der Waals surface area contributed by atoms with Crippen LogP contribution in [0.4, 0.5) is 11.4 Å². The molecule has 0 fully saturated rings. The number of hydrogen-bond donors (Lipinski definition) is 2. The van der Waals surface area contributed by atoms with Crippen molar-refractivity contribution in [2.45, 2.75) is 6.17 Å². The molecule has 3 aromatic carbocycles. The summed E-state index contributed by atoms with van der Waals surface area (Å²) in [5.74, 6) is 0.447. The van der Waals surface area contributed by atoms with E-state index >= 15 is 0 Å². The smallest absolute Gasteiger partial charge is 0.262 e. The monoisotopic (exact) mass is 488 g/mol. The van der Waals surface area contributed by atoms with Crippen molar-refractivity contribution in [2.24, 2.45) is 0 Å². The molecule has 8 heteroatoms. The lowest BCUT2D eigenvalue weighted by molar-refractivity contribution is 0.0974. The van der Waals surface area contributed by atoms with E-state index in [1.54, 1.807) is 36.3 Å². The van der Waals surface area contributed by atoms with Crippen LogP contribution in [0.1, 0.15) is 22.1 Å². The second-order valence-electron chi connectivity index (χ2n) is 6.58. The number of para-hydroxylation sites is 3. The van der Waals surface area contributed by atoms with Crippen molar-refractivity contribution < 1.29 is 19.4 Å². The standard InChI is InChI=1S/C22H18BrClN2O4/c1-29-16-10-6-5-9-15(16)26-21(25-14-8-4-3-7-12(14)22(26)28)13-11-17(30-2)20(27)18(23)19(13)24/h3-11,21,25,27H,1-2H3/t21-/m0/s1. The van der Waals surface area contributed by atoms with E-state index in [1.165, 1.54) is 7.11 Å². The maximum absolute atomic E-state index is 13.6. The first-order chi connectivity index (χ1) is 14.5. The second-order valence-corrected chi connectivity index (χ2v) is 7.76. The maximum atomic E-state index is 13.6. The Morgan fingerprint density at radius 1 is 1.07 bits per heavy atom. The van der Waals surface area contributed by atoms with Crippen molar-refractivity contribution in [1.82, 2.24) is 0 Å². The molecule has 6 nitrogen and oxygen atoms in total. The molecule has 0 saturated carbocycles. The van der Waals surface area contributed by atoms with Gasteiger partial charge in [0, 0.05) is 11.3 Å². The van der Waals surface area contributed by atoms with Crippen molar-refractivity contribution >= 4 is 44.8 Å². The Balaban J connectivity index is 1.97. The minimum absolute atomic E-state index is 0.113. The average Bonchev–Trinajstić information content (AvgIpc) is 2.78. The molecule has 0 unspecified atom stereocenters. The van der Waals surface area contributed by atoms with E-state index in [2.05, 4.69) is 21.2 Å². The zero-order valence-electron chi connectivity index (χ0n) is 16.1. The van der Waals surface area contributed by atoms with Gasteiger partial charge in [-0.2, -0.15) is 0 Å². The lowest BCUT2D eigenvalue weighted by Crippen LogP contribution is -2.43. The van der Waals surface area contributed by atoms with Crippen LogP contribution in [-0.4, -0.2) is 25.2 Å². The predicted molar refractivity (Wildman–Crippen MR) is 120 cm³/mol. The van der Waals surface area contributed by atoms with Gasteiger partial charge in [-0.3, -0.25) is 9.69 Å². The number of halogens is 2. The SMILES string of the molecule is COc1ccccc1N1C(=O)c2ccccc2N[C@@H]1c1cc(OC)c(O)c(Br)c1Cl. The molecule has 0 aliphatic carbocycles. The van der Waals surface area contributed by atoms with E-state index in [4.69, 9.17) is 21.1 Å². The van der Waals surface area contributed by atoms with Crippen LogP contribution in [0.15, 0.2) is 59.1 Å². The van der Waals surface area contributed by atoms with Crippen molar-refractivity contribution in [3.05, 3.63) is 75.2 Å². The van der Waals surface area contributed by atoms with Gasteiger partial charge in [0.15, 0.2) is 11.5 Å². The Labute approximate surface area is 187 Å². The zero-order valence-corrected chi connectivity index (χ0v) is 18.5. The number of aromatic hydroxyl groups is 1. The molecule has 0 radical (unpaired) electrons. The number of ether oxygens (including phenoxy) is 2. The highest BCUT2D eigenvalue weighted by atomic mass is 79.9. The number of fused-ring (bicyclic) bond motifs is 1. The fourth-order valence-electron chi connectivity index (χ4n) is 3.51. The largest absolute Gasteiger partial charge is 0.503 e. The maximum Gasteiger partial charge on any atom is 0.262 e. The molecular weight excluding hydrogens is 472 g/mol. The van der Waals surface area contributed by atoms with Gasteiger partial charge >= 0.3 is 0 Å². The number of benzene rings is 3. The number of phenolic OH excluding ortho intramolecular Hbond substituents is 1. The molecule has 1 aliphatic rings. The van der Waals surface area contributed by atoms with Crippen molar-refractivity contribution in [3.63, 3.8) is 0 Å². The fraction of sp³-hybridized carbons (Fsp3) is 0.136. The molecule has 1 aliphatic heterocycles. The van der Waals surface area contributed by atoms with E-state index in [0.29, 0.717) is 28.3 Å². The molecule has 154 valence electrons. The highest BCUT2D eigenvalue weighted by molar-refractivity contribution is 9.10. The fourth-order valence-corrected chi connectivity index (χ4v) is 4.19. The lowest BCUT2D eigenvalue weighted by atomic mass is 10.0. The van der Waals surface area contributed by atoms with Crippen molar-refractivity contribution in [3.8, 4) is 17.2 Å². The first-order valence-electron chi connectivity index (χ1n) is 9.05. The number of nitrogens with zero attached hydrogens (tertiary/aromatic N) is 1. The molecule has 0 spiro atoms. The summed E-state index contributed by atoms with van der Waals surface area (Å²) in [7, 11) is 3.00. The summed E-state index contributed by atoms with van der Waals surface area (Å²) in [6, 6.07) is 16.1. The number of hydrogen-bond acceptors (Lipinski definition) is 5. The van der Waals surface area contributed by atoms with Gasteiger partial charge in [0.25, 0.3) is 5.91 Å². The molecule has 4 rings (SSSR count). The number of carbonyl (C=O) groups excluding carboxylic acids is 1. The van der Waals surface area contributed by atoms with Gasteiger partial charge in [-0.05, 0) is 46.3 Å². The molecule has 1 heterocycles. The number of nitrogens with one attached hydrogen (secondary N) is 1. The van der Waals surface area contributed by atoms with Crippen LogP contribution in [0, 0.1) is 0 Å². The van der Waals surface area contributed by atoms with Crippen molar-refractivity contribution in [2.75, 3.05) is 24.4 Å². The molecule has 1 atom stereocenters. The quantitative estimate of drug-likeness (QED) is 0.499. The van der Waals surface area contributed by atoms with E-state index in [1.807, 2.05) is 30.3 Å². The summed E-state index contributed by atoms with van der Waals surface area (Å²) >= 11 is 9.91. The van der Waals surface area contributed by atoms with Gasteiger partial charge in [-0.1, -0.05) is 35.9 Å². The van der Waals surface area contributed by atoms with Crippen LogP contribution in [-0.2, 0) is 0 Å². The van der Waals surface area contributed by atoms with Crippen LogP contribution >= 0.6 is 27.5 Å². The molecule has 0 saturated heterocycles.